The molecule has 0 bridgehead atoms. The van der Waals surface area contributed by atoms with Crippen molar-refractivity contribution in [2.24, 2.45) is 4.99 Å². The van der Waals surface area contributed by atoms with Crippen molar-refractivity contribution in [3.63, 3.8) is 0 Å². The summed E-state index contributed by atoms with van der Waals surface area (Å²) in [5, 5.41) is 0. The van der Waals surface area contributed by atoms with Crippen molar-refractivity contribution in [2.45, 2.75) is 26.4 Å². The number of nitrogen functional groups attached to an aromatic ring is 1. The summed E-state index contributed by atoms with van der Waals surface area (Å²) in [6.45, 7) is 2.97. The average molecular weight is 258 g/mol. The molecule has 0 atom stereocenters. The number of halogens is 3. The van der Waals surface area contributed by atoms with Gasteiger partial charge >= 0.3 is 6.18 Å². The maximum absolute atomic E-state index is 12.5. The van der Waals surface area contributed by atoms with Gasteiger partial charge < -0.3 is 5.73 Å². The van der Waals surface area contributed by atoms with Crippen molar-refractivity contribution in [3.05, 3.63) is 23.8 Å². The number of nitrogens with zero attached hydrogens (tertiary/aromatic N) is 1. The lowest BCUT2D eigenvalue weighted by Gasteiger charge is -2.08. The minimum absolute atomic E-state index is 0.0146. The summed E-state index contributed by atoms with van der Waals surface area (Å²) in [5.74, 6) is -0.101. The smallest absolute Gasteiger partial charge is 0.399 e. The summed E-state index contributed by atoms with van der Waals surface area (Å²) in [5.41, 5.74) is 5.08. The van der Waals surface area contributed by atoms with E-state index in [9.17, 15) is 18.0 Å². The second kappa shape index (κ2) is 5.20. The fourth-order valence-corrected chi connectivity index (χ4v) is 1.48. The predicted octanol–water partition coefficient (Wildman–Crippen LogP) is 3.36. The Labute approximate surface area is 103 Å². The van der Waals surface area contributed by atoms with E-state index in [1.165, 1.54) is 13.0 Å². The minimum atomic E-state index is -4.46. The first kappa shape index (κ1) is 14.2. The molecule has 0 aliphatic heterocycles. The number of aliphatic imine (C=N–C) groups is 1. The molecular weight excluding hydrogens is 245 g/mol. The van der Waals surface area contributed by atoms with Crippen LogP contribution in [0.25, 0.3) is 0 Å². The van der Waals surface area contributed by atoms with Crippen molar-refractivity contribution < 1.29 is 18.0 Å². The number of Topliss-reactive ketones (excluding diaryl/α,β-unsaturated/α-hetero) is 1. The van der Waals surface area contributed by atoms with E-state index in [-0.39, 0.29) is 23.6 Å². The highest BCUT2D eigenvalue weighted by Crippen LogP contribution is 2.33. The number of hydrogen-bond donors (Lipinski definition) is 1. The molecule has 6 heteroatoms. The summed E-state index contributed by atoms with van der Waals surface area (Å²) in [4.78, 5) is 14.8. The topological polar surface area (TPSA) is 55.5 Å². The zero-order chi connectivity index (χ0) is 13.9. The molecule has 1 rings (SSSR count). The van der Waals surface area contributed by atoms with E-state index < -0.39 is 11.7 Å². The molecule has 0 unspecified atom stereocenters. The fourth-order valence-electron chi connectivity index (χ4n) is 1.48. The summed E-state index contributed by atoms with van der Waals surface area (Å²) in [6, 6.07) is 3.08. The highest BCUT2D eigenvalue weighted by atomic mass is 19.4. The number of carbonyl (C=O) groups excluding carboxylic acids is 1. The van der Waals surface area contributed by atoms with Crippen LogP contribution < -0.4 is 5.73 Å². The van der Waals surface area contributed by atoms with Crippen LogP contribution in [-0.4, -0.2) is 11.5 Å². The third kappa shape index (κ3) is 4.20. The van der Waals surface area contributed by atoms with Gasteiger partial charge in [0.05, 0.1) is 11.3 Å². The van der Waals surface area contributed by atoms with Gasteiger partial charge in [0.25, 0.3) is 0 Å². The van der Waals surface area contributed by atoms with Crippen LogP contribution in [0.3, 0.4) is 0 Å². The van der Waals surface area contributed by atoms with E-state index in [2.05, 4.69) is 4.99 Å². The van der Waals surface area contributed by atoms with Gasteiger partial charge in [0.2, 0.25) is 0 Å². The van der Waals surface area contributed by atoms with Gasteiger partial charge in [-0.1, -0.05) is 0 Å². The first-order chi connectivity index (χ1) is 8.18. The Morgan fingerprint density at radius 3 is 2.39 bits per heavy atom. The molecule has 0 aliphatic rings. The van der Waals surface area contributed by atoms with Crippen LogP contribution in [0.2, 0.25) is 0 Å². The number of carbonyl (C=O) groups is 1. The normalized spacial score (nSPS) is 12.6. The lowest BCUT2D eigenvalue weighted by Crippen LogP contribution is -2.05. The number of anilines is 1. The number of benzene rings is 1. The van der Waals surface area contributed by atoms with Gasteiger partial charge in [-0.05, 0) is 32.0 Å². The molecular formula is C12H13F3N2O. The largest absolute Gasteiger partial charge is 0.416 e. The molecule has 3 nitrogen and oxygen atoms in total. The number of rotatable bonds is 3. The standard InChI is InChI=1S/C12H13F3N2O/c1-7(3-8(2)18)17-11-5-9(12(13,14)15)4-10(16)6-11/h4-6H,3,16H2,1-2H3. The molecule has 2 N–H and O–H groups in total. The molecule has 0 spiro atoms. The first-order valence-corrected chi connectivity index (χ1v) is 5.20. The molecule has 0 saturated heterocycles. The molecule has 0 radical (unpaired) electrons. The third-order valence-electron chi connectivity index (χ3n) is 2.09. The SMILES string of the molecule is CC(=O)CC(C)=Nc1cc(N)cc(C(F)(F)F)c1. The minimum Gasteiger partial charge on any atom is -0.399 e. The van der Waals surface area contributed by atoms with Crippen molar-refractivity contribution in [3.8, 4) is 0 Å². The quantitative estimate of drug-likeness (QED) is 0.667. The number of hydrogen-bond acceptors (Lipinski definition) is 3. The summed E-state index contributed by atoms with van der Waals surface area (Å²) in [6.07, 6.45) is -4.36. The molecule has 98 valence electrons. The maximum atomic E-state index is 12.5. The Balaban J connectivity index is 3.11. The van der Waals surface area contributed by atoms with Gasteiger partial charge in [0, 0.05) is 17.8 Å². The van der Waals surface area contributed by atoms with Gasteiger partial charge in [-0.25, -0.2) is 0 Å². The van der Waals surface area contributed by atoms with Crippen LogP contribution in [0.15, 0.2) is 23.2 Å². The predicted molar refractivity (Wildman–Crippen MR) is 63.9 cm³/mol. The molecule has 0 amide bonds. The molecule has 1 aromatic carbocycles. The van der Waals surface area contributed by atoms with E-state index in [0.29, 0.717) is 5.71 Å². The number of nitrogens with two attached hydrogens (primary N) is 1. The summed E-state index contributed by atoms with van der Waals surface area (Å²) in [7, 11) is 0. The van der Waals surface area contributed by atoms with Crippen molar-refractivity contribution in [1.82, 2.24) is 0 Å². The van der Waals surface area contributed by atoms with E-state index in [1.54, 1.807) is 6.92 Å². The second-order valence-corrected chi connectivity index (χ2v) is 4.04. The van der Waals surface area contributed by atoms with Crippen LogP contribution >= 0.6 is 0 Å². The van der Waals surface area contributed by atoms with E-state index in [4.69, 9.17) is 5.73 Å². The van der Waals surface area contributed by atoms with E-state index in [0.717, 1.165) is 12.1 Å². The van der Waals surface area contributed by atoms with Crippen LogP contribution in [-0.2, 0) is 11.0 Å². The lowest BCUT2D eigenvalue weighted by molar-refractivity contribution is -0.137. The van der Waals surface area contributed by atoms with Crippen molar-refractivity contribution >= 4 is 22.9 Å². The van der Waals surface area contributed by atoms with Crippen LogP contribution in [0, 0.1) is 0 Å². The number of ketones is 1. The Kier molecular flexibility index (Phi) is 4.11. The molecule has 0 heterocycles. The molecule has 0 saturated carbocycles. The molecule has 1 aromatic rings. The van der Waals surface area contributed by atoms with Gasteiger partial charge in [0.1, 0.15) is 5.78 Å². The van der Waals surface area contributed by atoms with Gasteiger partial charge in [-0.2, -0.15) is 13.2 Å². The van der Waals surface area contributed by atoms with E-state index >= 15 is 0 Å². The van der Waals surface area contributed by atoms with Crippen molar-refractivity contribution in [2.75, 3.05) is 5.73 Å². The fraction of sp³-hybridized carbons (Fsp3) is 0.333. The van der Waals surface area contributed by atoms with E-state index in [1.807, 2.05) is 0 Å². The Bertz CT molecular complexity index is 493. The zero-order valence-corrected chi connectivity index (χ0v) is 10.0. The highest BCUT2D eigenvalue weighted by molar-refractivity contribution is 6.00. The highest BCUT2D eigenvalue weighted by Gasteiger charge is 2.31. The summed E-state index contributed by atoms with van der Waals surface area (Å²) < 4.78 is 37.6. The summed E-state index contributed by atoms with van der Waals surface area (Å²) >= 11 is 0. The Morgan fingerprint density at radius 1 is 1.28 bits per heavy atom. The number of alkyl halides is 3. The molecule has 0 aliphatic carbocycles. The molecule has 18 heavy (non-hydrogen) atoms. The Hall–Kier alpha value is -1.85. The zero-order valence-electron chi connectivity index (χ0n) is 10.0. The second-order valence-electron chi connectivity index (χ2n) is 4.04. The monoisotopic (exact) mass is 258 g/mol. The van der Waals surface area contributed by atoms with Gasteiger partial charge in [-0.3, -0.25) is 9.79 Å². The van der Waals surface area contributed by atoms with Crippen LogP contribution in [0.4, 0.5) is 24.5 Å². The first-order valence-electron chi connectivity index (χ1n) is 5.20. The third-order valence-corrected chi connectivity index (χ3v) is 2.09. The Morgan fingerprint density at radius 2 is 1.89 bits per heavy atom. The van der Waals surface area contributed by atoms with Crippen molar-refractivity contribution in [1.29, 1.82) is 0 Å². The van der Waals surface area contributed by atoms with Gasteiger partial charge in [-0.15, -0.1) is 0 Å². The van der Waals surface area contributed by atoms with Crippen LogP contribution in [0.5, 0.6) is 0 Å². The lowest BCUT2D eigenvalue weighted by atomic mass is 10.1. The van der Waals surface area contributed by atoms with Gasteiger partial charge in [0.15, 0.2) is 0 Å². The maximum Gasteiger partial charge on any atom is 0.416 e. The molecule has 0 aromatic heterocycles. The average Bonchev–Trinajstić information content (AvgIpc) is 2.13. The van der Waals surface area contributed by atoms with Crippen LogP contribution in [0.1, 0.15) is 25.8 Å². The molecule has 0 fully saturated rings.